The number of H-pyrrole nitrogens is 1. The first-order chi connectivity index (χ1) is 10.3. The Morgan fingerprint density at radius 2 is 1.78 bits per heavy atom. The number of nitrogens with one attached hydrogen (secondary N) is 1. The third-order valence-electron chi connectivity index (χ3n) is 3.48. The molecule has 0 atom stereocenters. The first-order valence-corrected chi connectivity index (χ1v) is 6.75. The van der Waals surface area contributed by atoms with Crippen molar-refractivity contribution in [2.45, 2.75) is 0 Å². The van der Waals surface area contributed by atoms with Crippen molar-refractivity contribution in [2.75, 3.05) is 41.7 Å². The summed E-state index contributed by atoms with van der Waals surface area (Å²) in [6, 6.07) is 5.76. The molecule has 2 aromatic rings. The van der Waals surface area contributed by atoms with Gasteiger partial charge in [-0.2, -0.15) is 5.26 Å². The highest BCUT2D eigenvalue weighted by Crippen LogP contribution is 2.15. The van der Waals surface area contributed by atoms with E-state index in [0.717, 1.165) is 37.9 Å². The summed E-state index contributed by atoms with van der Waals surface area (Å²) < 4.78 is 0. The van der Waals surface area contributed by atoms with Gasteiger partial charge in [0, 0.05) is 6.20 Å². The minimum atomic E-state index is 0. The highest BCUT2D eigenvalue weighted by Gasteiger charge is 2.24. The standard InChI is InChI=1S/C14H15N7.2H2O/c15-7-11-1-2-13(17-8-11)20-3-5-21(6-4-20)14-18-9-12(16)10-19-14;;/h1-2,8-10H,3-6,16H2;2*1H2. The van der Waals surface area contributed by atoms with Gasteiger partial charge >= 0.3 is 5.95 Å². The van der Waals surface area contributed by atoms with Gasteiger partial charge in [-0.05, 0) is 12.1 Å². The number of aromatic nitrogens is 3. The summed E-state index contributed by atoms with van der Waals surface area (Å²) in [5, 5.41) is 8.79. The molecule has 0 radical (unpaired) electrons. The number of nitrogen functional groups attached to an aromatic ring is 1. The number of nitrogens with zero attached hydrogens (tertiary/aromatic N) is 5. The molecular weight excluding hydrogens is 298 g/mol. The van der Waals surface area contributed by atoms with E-state index in [4.69, 9.17) is 11.0 Å². The van der Waals surface area contributed by atoms with Crippen molar-refractivity contribution in [2.24, 2.45) is 0 Å². The third kappa shape index (κ3) is 4.03. The molecule has 0 amide bonds. The van der Waals surface area contributed by atoms with Gasteiger partial charge in [0.1, 0.15) is 18.1 Å². The highest BCUT2D eigenvalue weighted by atomic mass is 16.0. The molecule has 3 rings (SSSR count). The molecule has 9 nitrogen and oxygen atoms in total. The number of rotatable bonds is 2. The van der Waals surface area contributed by atoms with Crippen LogP contribution in [0.4, 0.5) is 17.5 Å². The molecule has 0 unspecified atom stereocenters. The summed E-state index contributed by atoms with van der Waals surface area (Å²) >= 11 is 0. The number of aromatic amines is 1. The average Bonchev–Trinajstić information content (AvgIpc) is 2.56. The number of nitriles is 1. The Labute approximate surface area is 133 Å². The molecule has 0 saturated carbocycles. The molecule has 0 bridgehead atoms. The van der Waals surface area contributed by atoms with Crippen molar-refractivity contribution >= 4 is 17.5 Å². The van der Waals surface area contributed by atoms with E-state index in [1.807, 2.05) is 6.07 Å². The zero-order valence-corrected chi connectivity index (χ0v) is 12.5. The number of hydrogen-bond acceptors (Lipinski definition) is 7. The van der Waals surface area contributed by atoms with E-state index < -0.39 is 0 Å². The molecule has 0 aromatic carbocycles. The molecule has 1 fully saturated rings. The quantitative estimate of drug-likeness (QED) is 0.749. The highest BCUT2D eigenvalue weighted by molar-refractivity contribution is 5.44. The summed E-state index contributed by atoms with van der Waals surface area (Å²) in [7, 11) is 0. The molecule has 3 heterocycles. The first kappa shape index (κ1) is 18.1. The molecule has 1 saturated heterocycles. The molecule has 23 heavy (non-hydrogen) atoms. The monoisotopic (exact) mass is 317 g/mol. The van der Waals surface area contributed by atoms with Gasteiger partial charge in [-0.15, -0.1) is 0 Å². The molecule has 0 aliphatic carbocycles. The maximum atomic E-state index is 8.79. The lowest BCUT2D eigenvalue weighted by atomic mass is 10.2. The molecule has 1 aliphatic rings. The lowest BCUT2D eigenvalue weighted by Crippen LogP contribution is -2.48. The van der Waals surface area contributed by atoms with E-state index in [1.54, 1.807) is 24.7 Å². The zero-order chi connectivity index (χ0) is 14.7. The normalized spacial score (nSPS) is 13.5. The van der Waals surface area contributed by atoms with Crippen molar-refractivity contribution < 1.29 is 15.9 Å². The van der Waals surface area contributed by atoms with Crippen LogP contribution in [0.15, 0.2) is 30.7 Å². The summed E-state index contributed by atoms with van der Waals surface area (Å²) in [6.07, 6.45) is 5.01. The Balaban J connectivity index is 0.00000132. The summed E-state index contributed by atoms with van der Waals surface area (Å²) in [6.45, 7) is 3.43. The SMILES string of the molecule is N#Cc1ccc(N2CCN(c3ncc(N)c[nH+]3)CC2)nc1.O.[OH-]. The topological polar surface area (TPSA) is 158 Å². The van der Waals surface area contributed by atoms with Crippen LogP contribution in [0.2, 0.25) is 0 Å². The minimum Gasteiger partial charge on any atom is -0.870 e. The maximum Gasteiger partial charge on any atom is 0.391 e. The van der Waals surface area contributed by atoms with Gasteiger partial charge in [-0.3, -0.25) is 4.90 Å². The molecule has 6 N–H and O–H groups in total. The number of piperazine rings is 1. The predicted octanol–water partition coefficient (Wildman–Crippen LogP) is -0.930. The van der Waals surface area contributed by atoms with Crippen LogP contribution in [-0.2, 0) is 0 Å². The maximum absolute atomic E-state index is 8.79. The number of anilines is 3. The summed E-state index contributed by atoms with van der Waals surface area (Å²) in [5.74, 6) is 1.74. The molecule has 1 aliphatic heterocycles. The Bertz CT molecular complexity index is 646. The van der Waals surface area contributed by atoms with Crippen LogP contribution < -0.4 is 20.5 Å². The van der Waals surface area contributed by atoms with Crippen LogP contribution in [0.5, 0.6) is 0 Å². The van der Waals surface area contributed by atoms with Gasteiger partial charge in [-0.25, -0.2) is 9.97 Å². The molecule has 2 aromatic heterocycles. The van der Waals surface area contributed by atoms with Gasteiger partial charge in [0.25, 0.3) is 0 Å². The number of pyridine rings is 1. The summed E-state index contributed by atoms with van der Waals surface area (Å²) in [5.41, 5.74) is 6.83. The second-order valence-electron chi connectivity index (χ2n) is 4.86. The van der Waals surface area contributed by atoms with E-state index >= 15 is 0 Å². The number of nitrogens with two attached hydrogens (primary N) is 1. The summed E-state index contributed by atoms with van der Waals surface area (Å²) in [4.78, 5) is 16.1. The van der Waals surface area contributed by atoms with E-state index in [1.165, 1.54) is 0 Å². The van der Waals surface area contributed by atoms with Crippen molar-refractivity contribution in [3.63, 3.8) is 0 Å². The van der Waals surface area contributed by atoms with Crippen LogP contribution in [0.3, 0.4) is 0 Å². The van der Waals surface area contributed by atoms with Gasteiger partial charge in [0.15, 0.2) is 0 Å². The second-order valence-corrected chi connectivity index (χ2v) is 4.86. The van der Waals surface area contributed by atoms with Gasteiger partial charge < -0.3 is 21.6 Å². The van der Waals surface area contributed by atoms with E-state index in [9.17, 15) is 0 Å². The first-order valence-electron chi connectivity index (χ1n) is 6.75. The zero-order valence-electron chi connectivity index (χ0n) is 12.5. The van der Waals surface area contributed by atoms with E-state index in [2.05, 4.69) is 30.8 Å². The largest absolute Gasteiger partial charge is 0.870 e. The van der Waals surface area contributed by atoms with E-state index in [-0.39, 0.29) is 11.0 Å². The van der Waals surface area contributed by atoms with Crippen LogP contribution in [-0.4, -0.2) is 47.1 Å². The van der Waals surface area contributed by atoms with Crippen LogP contribution in [0.1, 0.15) is 5.56 Å². The fourth-order valence-corrected chi connectivity index (χ4v) is 2.32. The molecular formula is C14H19N7O2. The smallest absolute Gasteiger partial charge is 0.391 e. The van der Waals surface area contributed by atoms with Crippen molar-refractivity contribution in [1.29, 1.82) is 5.26 Å². The third-order valence-corrected chi connectivity index (χ3v) is 3.48. The Hall–Kier alpha value is -2.96. The average molecular weight is 317 g/mol. The van der Waals surface area contributed by atoms with E-state index in [0.29, 0.717) is 11.3 Å². The lowest BCUT2D eigenvalue weighted by Gasteiger charge is -2.31. The van der Waals surface area contributed by atoms with Crippen molar-refractivity contribution in [1.82, 2.24) is 9.97 Å². The number of hydrogen-bond donors (Lipinski definition) is 1. The molecule has 9 heteroatoms. The molecule has 0 spiro atoms. The van der Waals surface area contributed by atoms with Crippen molar-refractivity contribution in [3.8, 4) is 6.07 Å². The Morgan fingerprint density at radius 3 is 2.30 bits per heavy atom. The van der Waals surface area contributed by atoms with Crippen LogP contribution in [0.25, 0.3) is 0 Å². The minimum absolute atomic E-state index is 0. The fourth-order valence-electron chi connectivity index (χ4n) is 2.32. The molecule has 122 valence electrons. The van der Waals surface area contributed by atoms with Crippen molar-refractivity contribution in [3.05, 3.63) is 36.3 Å². The predicted molar refractivity (Wildman–Crippen MR) is 84.1 cm³/mol. The Morgan fingerprint density at radius 1 is 1.09 bits per heavy atom. The second kappa shape index (κ2) is 7.88. The Kier molecular flexibility index (Phi) is 6.20. The van der Waals surface area contributed by atoms with Crippen LogP contribution in [0, 0.1) is 11.3 Å². The fraction of sp³-hybridized carbons (Fsp3) is 0.286. The van der Waals surface area contributed by atoms with Crippen LogP contribution >= 0.6 is 0 Å². The van der Waals surface area contributed by atoms with Gasteiger partial charge in [0.05, 0.1) is 43.6 Å². The van der Waals surface area contributed by atoms with Gasteiger partial charge in [-0.1, -0.05) is 4.98 Å². The van der Waals surface area contributed by atoms with Gasteiger partial charge in [0.2, 0.25) is 0 Å². The lowest BCUT2D eigenvalue weighted by molar-refractivity contribution is -0.367.